The zero-order chi connectivity index (χ0) is 12.7. The van der Waals surface area contributed by atoms with Crippen molar-refractivity contribution in [3.8, 4) is 0 Å². The Morgan fingerprint density at radius 2 is 1.81 bits per heavy atom. The molecule has 0 aliphatic heterocycles. The summed E-state index contributed by atoms with van der Waals surface area (Å²) in [4.78, 5) is 24.1. The van der Waals surface area contributed by atoms with Crippen LogP contribution in [0.4, 0.5) is 4.79 Å². The smallest absolute Gasteiger partial charge is 0.410 e. The molecule has 1 amide bonds. The lowest BCUT2D eigenvalue weighted by atomic mass is 10.2. The molecule has 5 heteroatoms. The molecule has 0 heterocycles. The van der Waals surface area contributed by atoms with Crippen LogP contribution >= 0.6 is 0 Å². The van der Waals surface area contributed by atoms with Crippen LogP contribution < -0.4 is 0 Å². The average Bonchev–Trinajstić information content (AvgIpc) is 2.15. The summed E-state index contributed by atoms with van der Waals surface area (Å²) in [5.74, 6) is -0.306. The van der Waals surface area contributed by atoms with E-state index in [0.29, 0.717) is 6.61 Å². The molecule has 0 N–H and O–H groups in total. The van der Waals surface area contributed by atoms with Crippen molar-refractivity contribution in [2.24, 2.45) is 0 Å². The monoisotopic (exact) mass is 231 g/mol. The molecular weight excluding hydrogens is 210 g/mol. The fraction of sp³-hybridized carbons (Fsp3) is 0.818. The second-order valence-electron chi connectivity index (χ2n) is 3.90. The first-order valence-corrected chi connectivity index (χ1v) is 5.47. The molecule has 94 valence electrons. The summed E-state index contributed by atoms with van der Waals surface area (Å²) in [5.41, 5.74) is 0. The van der Waals surface area contributed by atoms with Crippen molar-refractivity contribution in [2.75, 3.05) is 13.7 Å². The van der Waals surface area contributed by atoms with Gasteiger partial charge in [0.1, 0.15) is 0 Å². The van der Waals surface area contributed by atoms with Crippen molar-refractivity contribution >= 4 is 12.1 Å². The molecule has 0 radical (unpaired) electrons. The third-order valence-electron chi connectivity index (χ3n) is 2.05. The number of hydrogen-bond acceptors (Lipinski definition) is 4. The van der Waals surface area contributed by atoms with Gasteiger partial charge in [-0.15, -0.1) is 0 Å². The van der Waals surface area contributed by atoms with E-state index in [1.807, 2.05) is 0 Å². The normalized spacial score (nSPS) is 12.1. The molecule has 0 aromatic heterocycles. The molecule has 0 aromatic rings. The van der Waals surface area contributed by atoms with E-state index >= 15 is 0 Å². The summed E-state index contributed by atoms with van der Waals surface area (Å²) in [7, 11) is 1.61. The Morgan fingerprint density at radius 1 is 1.25 bits per heavy atom. The lowest BCUT2D eigenvalue weighted by molar-refractivity contribution is -0.144. The first-order chi connectivity index (χ1) is 7.38. The van der Waals surface area contributed by atoms with Crippen molar-refractivity contribution in [3.05, 3.63) is 0 Å². The van der Waals surface area contributed by atoms with Crippen LogP contribution in [0.2, 0.25) is 0 Å². The first kappa shape index (κ1) is 14.7. The quantitative estimate of drug-likeness (QED) is 0.677. The SMILES string of the molecule is CCOC(=O)CC(C)N(C)C(=O)OC(C)C. The molecule has 0 fully saturated rings. The van der Waals surface area contributed by atoms with Crippen LogP contribution in [0.25, 0.3) is 0 Å². The molecule has 0 aliphatic carbocycles. The van der Waals surface area contributed by atoms with Crippen molar-refractivity contribution in [3.63, 3.8) is 0 Å². The number of rotatable bonds is 5. The van der Waals surface area contributed by atoms with Gasteiger partial charge in [0, 0.05) is 13.1 Å². The molecule has 1 unspecified atom stereocenters. The van der Waals surface area contributed by atoms with Crippen LogP contribution in [0, 0.1) is 0 Å². The van der Waals surface area contributed by atoms with E-state index in [1.54, 1.807) is 34.7 Å². The van der Waals surface area contributed by atoms with E-state index < -0.39 is 6.09 Å². The van der Waals surface area contributed by atoms with E-state index in [-0.39, 0.29) is 24.5 Å². The molecule has 0 aliphatic rings. The summed E-state index contributed by atoms with van der Waals surface area (Å²) >= 11 is 0. The van der Waals surface area contributed by atoms with Gasteiger partial charge in [0.25, 0.3) is 0 Å². The predicted molar refractivity (Wildman–Crippen MR) is 60.1 cm³/mol. The molecule has 1 atom stereocenters. The molecular formula is C11H21NO4. The summed E-state index contributed by atoms with van der Waals surface area (Å²) in [5, 5.41) is 0. The highest BCUT2D eigenvalue weighted by molar-refractivity contribution is 5.72. The van der Waals surface area contributed by atoms with Gasteiger partial charge < -0.3 is 14.4 Å². The Balaban J connectivity index is 4.11. The van der Waals surface area contributed by atoms with Gasteiger partial charge in [-0.2, -0.15) is 0 Å². The fourth-order valence-corrected chi connectivity index (χ4v) is 1.06. The Bertz CT molecular complexity index is 240. The van der Waals surface area contributed by atoms with Gasteiger partial charge in [-0.1, -0.05) is 0 Å². The van der Waals surface area contributed by atoms with Gasteiger partial charge in [-0.25, -0.2) is 4.79 Å². The summed E-state index contributed by atoms with van der Waals surface area (Å²) in [6.45, 7) is 7.44. The standard InChI is InChI=1S/C11H21NO4/c1-6-15-10(13)7-9(4)12(5)11(14)16-8(2)3/h8-9H,6-7H2,1-5H3. The number of esters is 1. The summed E-state index contributed by atoms with van der Waals surface area (Å²) in [6.07, 6.45) is -0.408. The molecule has 0 bridgehead atoms. The molecule has 5 nitrogen and oxygen atoms in total. The molecule has 0 saturated heterocycles. The van der Waals surface area contributed by atoms with E-state index in [2.05, 4.69) is 0 Å². The van der Waals surface area contributed by atoms with Gasteiger partial charge in [0.2, 0.25) is 0 Å². The highest BCUT2D eigenvalue weighted by Crippen LogP contribution is 2.06. The van der Waals surface area contributed by atoms with E-state index in [1.165, 1.54) is 4.90 Å². The van der Waals surface area contributed by atoms with Gasteiger partial charge >= 0.3 is 12.1 Å². The van der Waals surface area contributed by atoms with E-state index in [9.17, 15) is 9.59 Å². The minimum Gasteiger partial charge on any atom is -0.466 e. The first-order valence-electron chi connectivity index (χ1n) is 5.47. The molecule has 0 rings (SSSR count). The van der Waals surface area contributed by atoms with Crippen LogP contribution in [0.3, 0.4) is 0 Å². The second-order valence-corrected chi connectivity index (χ2v) is 3.90. The predicted octanol–water partition coefficient (Wildman–Crippen LogP) is 1.80. The van der Waals surface area contributed by atoms with E-state index in [4.69, 9.17) is 9.47 Å². The highest BCUT2D eigenvalue weighted by atomic mass is 16.6. The zero-order valence-electron chi connectivity index (χ0n) is 10.6. The van der Waals surface area contributed by atoms with Crippen molar-refractivity contribution in [2.45, 2.75) is 46.3 Å². The summed E-state index contributed by atoms with van der Waals surface area (Å²) in [6, 6.07) is -0.231. The minimum absolute atomic E-state index is 0.162. The third kappa shape index (κ3) is 5.58. The fourth-order valence-electron chi connectivity index (χ4n) is 1.06. The van der Waals surface area contributed by atoms with E-state index in [0.717, 1.165) is 0 Å². The molecule has 0 spiro atoms. The molecule has 0 aromatic carbocycles. The Labute approximate surface area is 96.7 Å². The second kappa shape index (κ2) is 7.09. The Morgan fingerprint density at radius 3 is 2.25 bits per heavy atom. The van der Waals surface area contributed by atoms with Crippen LogP contribution in [-0.2, 0) is 14.3 Å². The van der Waals surface area contributed by atoms with Crippen LogP contribution in [-0.4, -0.2) is 42.8 Å². The van der Waals surface area contributed by atoms with Crippen molar-refractivity contribution in [1.29, 1.82) is 0 Å². The Kier molecular flexibility index (Phi) is 6.53. The van der Waals surface area contributed by atoms with Crippen LogP contribution in [0.1, 0.15) is 34.1 Å². The number of nitrogens with zero attached hydrogens (tertiary/aromatic N) is 1. The van der Waals surface area contributed by atoms with Gasteiger partial charge in [-0.3, -0.25) is 4.79 Å². The van der Waals surface area contributed by atoms with Crippen LogP contribution in [0.15, 0.2) is 0 Å². The lowest BCUT2D eigenvalue weighted by Gasteiger charge is -2.24. The maximum Gasteiger partial charge on any atom is 0.410 e. The average molecular weight is 231 g/mol. The highest BCUT2D eigenvalue weighted by Gasteiger charge is 2.20. The number of carbonyl (C=O) groups is 2. The zero-order valence-corrected chi connectivity index (χ0v) is 10.6. The Hall–Kier alpha value is -1.26. The minimum atomic E-state index is -0.424. The van der Waals surface area contributed by atoms with Gasteiger partial charge in [0.05, 0.1) is 19.1 Å². The van der Waals surface area contributed by atoms with Gasteiger partial charge in [-0.05, 0) is 27.7 Å². The van der Waals surface area contributed by atoms with Gasteiger partial charge in [0.15, 0.2) is 0 Å². The number of hydrogen-bond donors (Lipinski definition) is 0. The largest absolute Gasteiger partial charge is 0.466 e. The van der Waals surface area contributed by atoms with Crippen molar-refractivity contribution in [1.82, 2.24) is 4.90 Å². The maximum atomic E-state index is 11.5. The molecule has 16 heavy (non-hydrogen) atoms. The number of carbonyl (C=O) groups excluding carboxylic acids is 2. The van der Waals surface area contributed by atoms with Crippen molar-refractivity contribution < 1.29 is 19.1 Å². The maximum absolute atomic E-state index is 11.5. The number of ether oxygens (including phenoxy) is 2. The topological polar surface area (TPSA) is 55.8 Å². The third-order valence-corrected chi connectivity index (χ3v) is 2.05. The lowest BCUT2D eigenvalue weighted by Crippen LogP contribution is -2.38. The molecule has 0 saturated carbocycles. The number of amides is 1. The van der Waals surface area contributed by atoms with Crippen LogP contribution in [0.5, 0.6) is 0 Å². The summed E-state index contributed by atoms with van der Waals surface area (Å²) < 4.78 is 9.82.